The smallest absolute Gasteiger partial charge is 0.261 e. The van der Waals surface area contributed by atoms with Gasteiger partial charge >= 0.3 is 0 Å². The third-order valence-corrected chi connectivity index (χ3v) is 4.41. The van der Waals surface area contributed by atoms with Crippen LogP contribution < -0.4 is 0 Å². The van der Waals surface area contributed by atoms with Crippen LogP contribution in [0.2, 0.25) is 0 Å². The number of para-hydroxylation sites is 1. The van der Waals surface area contributed by atoms with Gasteiger partial charge < -0.3 is 4.57 Å². The number of rotatable bonds is 3. The third-order valence-electron chi connectivity index (χ3n) is 4.41. The van der Waals surface area contributed by atoms with Crippen LogP contribution in [0.5, 0.6) is 0 Å². The number of aromatic nitrogens is 1. The third kappa shape index (κ3) is 1.99. The predicted octanol–water partition coefficient (Wildman–Crippen LogP) is 3.46. The summed E-state index contributed by atoms with van der Waals surface area (Å²) in [5.41, 5.74) is 3.10. The molecular weight excluding hydrogens is 288 g/mol. The Morgan fingerprint density at radius 1 is 0.870 bits per heavy atom. The molecule has 2 heterocycles. The molecule has 4 heteroatoms. The van der Waals surface area contributed by atoms with Crippen LogP contribution in [0.1, 0.15) is 33.3 Å². The number of amides is 2. The van der Waals surface area contributed by atoms with Crippen LogP contribution in [-0.2, 0) is 13.1 Å². The lowest BCUT2D eigenvalue weighted by molar-refractivity contribution is 0.0639. The van der Waals surface area contributed by atoms with Crippen molar-refractivity contribution in [2.75, 3.05) is 0 Å². The molecule has 0 saturated carbocycles. The maximum atomic E-state index is 12.5. The molecule has 1 aliphatic heterocycles. The molecular formula is C19H16N2O2. The maximum absolute atomic E-state index is 12.5. The Bertz CT molecular complexity index is 904. The highest BCUT2D eigenvalue weighted by molar-refractivity contribution is 6.21. The Labute approximate surface area is 133 Å². The molecule has 0 N–H and O–H groups in total. The molecule has 0 radical (unpaired) electrons. The minimum atomic E-state index is -0.210. The maximum Gasteiger partial charge on any atom is 0.261 e. The van der Waals surface area contributed by atoms with Crippen LogP contribution in [0.15, 0.2) is 54.6 Å². The highest BCUT2D eigenvalue weighted by atomic mass is 16.2. The van der Waals surface area contributed by atoms with E-state index in [9.17, 15) is 9.59 Å². The topological polar surface area (TPSA) is 42.3 Å². The largest absolute Gasteiger partial charge is 0.343 e. The molecule has 2 amide bonds. The molecule has 0 saturated heterocycles. The molecule has 0 bridgehead atoms. The van der Waals surface area contributed by atoms with Crippen molar-refractivity contribution in [3.63, 3.8) is 0 Å². The Morgan fingerprint density at radius 2 is 1.48 bits per heavy atom. The Hall–Kier alpha value is -2.88. The van der Waals surface area contributed by atoms with Gasteiger partial charge in [0, 0.05) is 17.8 Å². The average molecular weight is 304 g/mol. The molecule has 2 aromatic carbocycles. The second-order valence-corrected chi connectivity index (χ2v) is 5.68. The van der Waals surface area contributed by atoms with Crippen LogP contribution in [0.4, 0.5) is 0 Å². The number of imide groups is 1. The first-order valence-corrected chi connectivity index (χ1v) is 7.73. The van der Waals surface area contributed by atoms with Crippen LogP contribution in [-0.4, -0.2) is 21.3 Å². The summed E-state index contributed by atoms with van der Waals surface area (Å²) in [5.74, 6) is -0.419. The number of aryl methyl sites for hydroxylation is 1. The standard InChI is InChI=1S/C19H16N2O2/c1-2-20-14(11-13-7-3-6-10-17(13)20)12-21-18(22)15-8-4-5-9-16(15)19(21)23/h3-11H,2,12H2,1H3. The molecule has 0 aliphatic carbocycles. The Balaban J connectivity index is 1.75. The first kappa shape index (κ1) is 13.8. The van der Waals surface area contributed by atoms with Gasteiger partial charge in [-0.2, -0.15) is 0 Å². The van der Waals surface area contributed by atoms with Gasteiger partial charge in [0.25, 0.3) is 11.8 Å². The number of carbonyl (C=O) groups is 2. The predicted molar refractivity (Wildman–Crippen MR) is 88.3 cm³/mol. The van der Waals surface area contributed by atoms with Crippen molar-refractivity contribution >= 4 is 22.7 Å². The number of fused-ring (bicyclic) bond motifs is 2. The molecule has 0 unspecified atom stereocenters. The van der Waals surface area contributed by atoms with Gasteiger partial charge in [0.15, 0.2) is 0 Å². The first-order chi connectivity index (χ1) is 11.2. The Kier molecular flexibility index (Phi) is 3.05. The normalized spacial score (nSPS) is 13.9. The molecule has 0 atom stereocenters. The van der Waals surface area contributed by atoms with Gasteiger partial charge in [-0.05, 0) is 36.6 Å². The molecule has 4 rings (SSSR count). The van der Waals surface area contributed by atoms with Crippen LogP contribution in [0.25, 0.3) is 10.9 Å². The Morgan fingerprint density at radius 3 is 2.13 bits per heavy atom. The fourth-order valence-electron chi connectivity index (χ4n) is 3.32. The number of hydrogen-bond acceptors (Lipinski definition) is 2. The van der Waals surface area contributed by atoms with Crippen molar-refractivity contribution in [3.05, 3.63) is 71.4 Å². The zero-order valence-electron chi connectivity index (χ0n) is 12.8. The van der Waals surface area contributed by atoms with Crippen molar-refractivity contribution < 1.29 is 9.59 Å². The minimum absolute atomic E-state index is 0.210. The second-order valence-electron chi connectivity index (χ2n) is 5.68. The van der Waals surface area contributed by atoms with Crippen LogP contribution in [0, 0.1) is 0 Å². The molecule has 0 fully saturated rings. The zero-order chi connectivity index (χ0) is 16.0. The summed E-state index contributed by atoms with van der Waals surface area (Å²) in [7, 11) is 0. The fraction of sp³-hybridized carbons (Fsp3) is 0.158. The summed E-state index contributed by atoms with van der Waals surface area (Å²) in [5, 5.41) is 1.13. The van der Waals surface area contributed by atoms with E-state index in [-0.39, 0.29) is 11.8 Å². The summed E-state index contributed by atoms with van der Waals surface area (Å²) >= 11 is 0. The van der Waals surface area contributed by atoms with Gasteiger partial charge in [0.2, 0.25) is 0 Å². The summed E-state index contributed by atoms with van der Waals surface area (Å²) < 4.78 is 2.15. The summed E-state index contributed by atoms with van der Waals surface area (Å²) in [6.45, 7) is 3.17. The number of carbonyl (C=O) groups excluding carboxylic acids is 2. The van der Waals surface area contributed by atoms with E-state index < -0.39 is 0 Å². The van der Waals surface area contributed by atoms with Gasteiger partial charge in [0.05, 0.1) is 17.7 Å². The molecule has 1 aromatic heterocycles. The van der Waals surface area contributed by atoms with E-state index in [1.54, 1.807) is 24.3 Å². The van der Waals surface area contributed by atoms with Crippen molar-refractivity contribution in [3.8, 4) is 0 Å². The monoisotopic (exact) mass is 304 g/mol. The van der Waals surface area contributed by atoms with Gasteiger partial charge in [-0.1, -0.05) is 30.3 Å². The highest BCUT2D eigenvalue weighted by Gasteiger charge is 2.35. The van der Waals surface area contributed by atoms with E-state index in [0.717, 1.165) is 23.1 Å². The minimum Gasteiger partial charge on any atom is -0.343 e. The lowest BCUT2D eigenvalue weighted by Gasteiger charge is -2.15. The lowest BCUT2D eigenvalue weighted by atomic mass is 10.1. The van der Waals surface area contributed by atoms with Gasteiger partial charge in [0.1, 0.15) is 0 Å². The van der Waals surface area contributed by atoms with E-state index in [1.165, 1.54) is 4.90 Å². The van der Waals surface area contributed by atoms with E-state index in [1.807, 2.05) is 18.2 Å². The van der Waals surface area contributed by atoms with Crippen molar-refractivity contribution in [1.82, 2.24) is 9.47 Å². The van der Waals surface area contributed by atoms with Crippen molar-refractivity contribution in [2.45, 2.75) is 20.0 Å². The first-order valence-electron chi connectivity index (χ1n) is 7.73. The van der Waals surface area contributed by atoms with Crippen molar-refractivity contribution in [2.24, 2.45) is 0 Å². The van der Waals surface area contributed by atoms with E-state index >= 15 is 0 Å². The van der Waals surface area contributed by atoms with E-state index in [4.69, 9.17) is 0 Å². The number of benzene rings is 2. The quantitative estimate of drug-likeness (QED) is 0.695. The zero-order valence-corrected chi connectivity index (χ0v) is 12.8. The lowest BCUT2D eigenvalue weighted by Crippen LogP contribution is -2.30. The van der Waals surface area contributed by atoms with Crippen LogP contribution in [0.3, 0.4) is 0 Å². The number of nitrogens with zero attached hydrogens (tertiary/aromatic N) is 2. The van der Waals surface area contributed by atoms with Crippen LogP contribution >= 0.6 is 0 Å². The molecule has 0 spiro atoms. The molecule has 114 valence electrons. The highest BCUT2D eigenvalue weighted by Crippen LogP contribution is 2.26. The van der Waals surface area contributed by atoms with E-state index in [0.29, 0.717) is 17.7 Å². The molecule has 23 heavy (non-hydrogen) atoms. The summed E-state index contributed by atoms with van der Waals surface area (Å²) in [6, 6.07) is 17.2. The SMILES string of the molecule is CCn1c(CN2C(=O)c3ccccc3C2=O)cc2ccccc21. The average Bonchev–Trinajstić information content (AvgIpc) is 3.06. The summed E-state index contributed by atoms with van der Waals surface area (Å²) in [6.07, 6.45) is 0. The van der Waals surface area contributed by atoms with Gasteiger partial charge in [-0.25, -0.2) is 0 Å². The number of hydrogen-bond donors (Lipinski definition) is 0. The van der Waals surface area contributed by atoms with Crippen molar-refractivity contribution in [1.29, 1.82) is 0 Å². The summed E-state index contributed by atoms with van der Waals surface area (Å²) in [4.78, 5) is 26.4. The second kappa shape index (κ2) is 5.09. The van der Waals surface area contributed by atoms with E-state index in [2.05, 4.69) is 23.6 Å². The van der Waals surface area contributed by atoms with Gasteiger partial charge in [-0.3, -0.25) is 14.5 Å². The molecule has 3 aromatic rings. The molecule has 1 aliphatic rings. The van der Waals surface area contributed by atoms with Gasteiger partial charge in [-0.15, -0.1) is 0 Å². The fourth-order valence-corrected chi connectivity index (χ4v) is 3.32. The molecule has 4 nitrogen and oxygen atoms in total.